The lowest BCUT2D eigenvalue weighted by atomic mass is 9.85. The zero-order chi connectivity index (χ0) is 18.2. The van der Waals surface area contributed by atoms with E-state index in [1.807, 2.05) is 0 Å². The van der Waals surface area contributed by atoms with Gasteiger partial charge in [-0.1, -0.05) is 12.2 Å². The molecule has 132 valence electrons. The Labute approximate surface area is 147 Å². The van der Waals surface area contributed by atoms with E-state index < -0.39 is 4.92 Å². The van der Waals surface area contributed by atoms with Crippen molar-refractivity contribution in [2.45, 2.75) is 12.8 Å². The largest absolute Gasteiger partial charge is 0.507 e. The van der Waals surface area contributed by atoms with E-state index in [1.54, 1.807) is 0 Å². The SMILES string of the molecule is O=C1[C@@H]2[C@H](C(=O)N1/N=C/c1cc([N+](=O)[O-])ccc1O)[C@H]1C=C[C@@H]2C12CC2. The normalized spacial score (nSPS) is 32.8. The molecule has 4 atom stereocenters. The van der Waals surface area contributed by atoms with E-state index in [-0.39, 0.29) is 57.9 Å². The van der Waals surface area contributed by atoms with Crippen molar-refractivity contribution < 1.29 is 19.6 Å². The minimum atomic E-state index is -0.591. The van der Waals surface area contributed by atoms with Gasteiger partial charge in [0, 0.05) is 17.7 Å². The number of allylic oxidation sites excluding steroid dienone is 2. The summed E-state index contributed by atoms with van der Waals surface area (Å²) < 4.78 is 0. The Balaban J connectivity index is 1.44. The maximum Gasteiger partial charge on any atom is 0.270 e. The number of nitro groups is 1. The predicted molar refractivity (Wildman–Crippen MR) is 89.0 cm³/mol. The Hall–Kier alpha value is -3.03. The number of carbonyl (C=O) groups is 2. The molecular formula is C18H15N3O5. The molecule has 1 aliphatic heterocycles. The van der Waals surface area contributed by atoms with Crippen molar-refractivity contribution in [3.8, 4) is 5.75 Å². The highest BCUT2D eigenvalue weighted by molar-refractivity contribution is 6.07. The van der Waals surface area contributed by atoms with Gasteiger partial charge in [-0.25, -0.2) is 0 Å². The monoisotopic (exact) mass is 353 g/mol. The number of aromatic hydroxyl groups is 1. The fourth-order valence-corrected chi connectivity index (χ4v) is 5.06. The van der Waals surface area contributed by atoms with Crippen LogP contribution in [-0.2, 0) is 9.59 Å². The van der Waals surface area contributed by atoms with Gasteiger partial charge >= 0.3 is 0 Å². The minimum Gasteiger partial charge on any atom is -0.507 e. The van der Waals surface area contributed by atoms with Crippen LogP contribution in [0.4, 0.5) is 5.69 Å². The van der Waals surface area contributed by atoms with E-state index in [0.717, 1.165) is 30.1 Å². The van der Waals surface area contributed by atoms with Crippen LogP contribution in [0.15, 0.2) is 35.5 Å². The second kappa shape index (κ2) is 4.78. The summed E-state index contributed by atoms with van der Waals surface area (Å²) in [5, 5.41) is 25.5. The minimum absolute atomic E-state index is 0.0802. The number of hydrogen-bond donors (Lipinski definition) is 1. The Morgan fingerprint density at radius 3 is 2.35 bits per heavy atom. The van der Waals surface area contributed by atoms with Crippen molar-refractivity contribution in [1.82, 2.24) is 5.01 Å². The van der Waals surface area contributed by atoms with Gasteiger partial charge in [-0.3, -0.25) is 19.7 Å². The van der Waals surface area contributed by atoms with E-state index in [1.165, 1.54) is 12.1 Å². The maximum atomic E-state index is 12.8. The summed E-state index contributed by atoms with van der Waals surface area (Å²) in [6.07, 6.45) is 7.40. The molecule has 1 heterocycles. The number of nitrogens with zero attached hydrogens (tertiary/aromatic N) is 3. The molecule has 2 amide bonds. The summed E-state index contributed by atoms with van der Waals surface area (Å²) >= 11 is 0. The summed E-state index contributed by atoms with van der Waals surface area (Å²) in [5.74, 6) is -1.32. The number of amides is 2. The highest BCUT2D eigenvalue weighted by Crippen LogP contribution is 2.73. The molecule has 2 saturated carbocycles. The molecule has 8 heteroatoms. The topological polar surface area (TPSA) is 113 Å². The molecule has 1 aromatic rings. The number of imide groups is 1. The lowest BCUT2D eigenvalue weighted by molar-refractivity contribution is -0.384. The van der Waals surface area contributed by atoms with Gasteiger partial charge in [0.15, 0.2) is 0 Å². The smallest absolute Gasteiger partial charge is 0.270 e. The van der Waals surface area contributed by atoms with Crippen LogP contribution >= 0.6 is 0 Å². The highest BCUT2D eigenvalue weighted by atomic mass is 16.6. The molecule has 0 unspecified atom stereocenters. The molecular weight excluding hydrogens is 338 g/mol. The third kappa shape index (κ3) is 1.76. The summed E-state index contributed by atoms with van der Waals surface area (Å²) in [6.45, 7) is 0. The summed E-state index contributed by atoms with van der Waals surface area (Å²) in [6, 6.07) is 3.50. The first kappa shape index (κ1) is 15.2. The van der Waals surface area contributed by atoms with Gasteiger partial charge in [0.25, 0.3) is 17.5 Å². The van der Waals surface area contributed by atoms with Gasteiger partial charge in [-0.2, -0.15) is 10.1 Å². The van der Waals surface area contributed by atoms with Gasteiger partial charge in [0.05, 0.1) is 23.0 Å². The number of non-ortho nitro benzene ring substituents is 1. The van der Waals surface area contributed by atoms with Crippen LogP contribution in [0.5, 0.6) is 5.75 Å². The first-order valence-electron chi connectivity index (χ1n) is 8.51. The van der Waals surface area contributed by atoms with Crippen LogP contribution in [0, 0.1) is 39.2 Å². The van der Waals surface area contributed by atoms with Gasteiger partial charge in [0.2, 0.25) is 0 Å². The highest BCUT2D eigenvalue weighted by Gasteiger charge is 2.73. The second-order valence-electron chi connectivity index (χ2n) is 7.45. The first-order valence-corrected chi connectivity index (χ1v) is 8.51. The van der Waals surface area contributed by atoms with Crippen LogP contribution in [0.25, 0.3) is 0 Å². The van der Waals surface area contributed by atoms with Crippen molar-refractivity contribution in [3.63, 3.8) is 0 Å². The van der Waals surface area contributed by atoms with E-state index in [0.29, 0.717) is 0 Å². The van der Waals surface area contributed by atoms with Crippen LogP contribution in [0.2, 0.25) is 0 Å². The average Bonchev–Trinajstić information content (AvgIpc) is 3.21. The van der Waals surface area contributed by atoms with Crippen LogP contribution in [0.1, 0.15) is 18.4 Å². The number of carbonyl (C=O) groups excluding carboxylic acids is 2. The van der Waals surface area contributed by atoms with Crippen LogP contribution in [-0.4, -0.2) is 33.1 Å². The third-order valence-electron chi connectivity index (χ3n) is 6.36. The van der Waals surface area contributed by atoms with Crippen molar-refractivity contribution >= 4 is 23.7 Å². The molecule has 26 heavy (non-hydrogen) atoms. The van der Waals surface area contributed by atoms with Crippen molar-refractivity contribution in [3.05, 3.63) is 46.0 Å². The number of benzene rings is 1. The maximum absolute atomic E-state index is 12.8. The molecule has 3 aliphatic carbocycles. The molecule has 1 spiro atoms. The molecule has 8 nitrogen and oxygen atoms in total. The zero-order valence-electron chi connectivity index (χ0n) is 13.6. The summed E-state index contributed by atoms with van der Waals surface area (Å²) in [7, 11) is 0. The van der Waals surface area contributed by atoms with Crippen molar-refractivity contribution in [2.24, 2.45) is 34.2 Å². The molecule has 4 aliphatic rings. The third-order valence-corrected chi connectivity index (χ3v) is 6.36. The summed E-state index contributed by atoms with van der Waals surface area (Å²) in [5.41, 5.74) is -0.0101. The Morgan fingerprint density at radius 2 is 1.81 bits per heavy atom. The van der Waals surface area contributed by atoms with Crippen molar-refractivity contribution in [1.29, 1.82) is 0 Å². The van der Waals surface area contributed by atoms with Gasteiger partial charge < -0.3 is 5.11 Å². The zero-order valence-corrected chi connectivity index (χ0v) is 13.6. The molecule has 0 radical (unpaired) electrons. The van der Waals surface area contributed by atoms with E-state index >= 15 is 0 Å². The number of fused-ring (bicyclic) bond motifs is 3. The number of hydrazone groups is 1. The Bertz CT molecular complexity index is 899. The lowest BCUT2D eigenvalue weighted by Gasteiger charge is -2.18. The van der Waals surface area contributed by atoms with Crippen LogP contribution in [0.3, 0.4) is 0 Å². The predicted octanol–water partition coefficient (Wildman–Crippen LogP) is 1.83. The van der Waals surface area contributed by atoms with E-state index in [9.17, 15) is 24.8 Å². The van der Waals surface area contributed by atoms with Crippen LogP contribution < -0.4 is 0 Å². The molecule has 1 aromatic carbocycles. The lowest BCUT2D eigenvalue weighted by Crippen LogP contribution is -2.30. The number of nitro benzene ring substituents is 1. The summed E-state index contributed by atoms with van der Waals surface area (Å²) in [4.78, 5) is 35.8. The Kier molecular flexibility index (Phi) is 2.80. The van der Waals surface area contributed by atoms with Gasteiger partial charge in [-0.15, -0.1) is 0 Å². The first-order chi connectivity index (χ1) is 12.4. The quantitative estimate of drug-likeness (QED) is 0.293. The van der Waals surface area contributed by atoms with E-state index in [2.05, 4.69) is 17.3 Å². The van der Waals surface area contributed by atoms with E-state index in [4.69, 9.17) is 0 Å². The number of hydrogen-bond acceptors (Lipinski definition) is 6. The fraction of sp³-hybridized carbons (Fsp3) is 0.389. The van der Waals surface area contributed by atoms with Crippen molar-refractivity contribution in [2.75, 3.05) is 0 Å². The number of phenolic OH excluding ortho intramolecular Hbond substituents is 1. The molecule has 0 aromatic heterocycles. The fourth-order valence-electron chi connectivity index (χ4n) is 5.06. The number of phenols is 1. The molecule has 1 saturated heterocycles. The standard InChI is InChI=1S/C18H15N3O5/c22-13-4-1-10(21(25)26)7-9(13)8-19-20-16(23)14-11-2-3-12(15(14)17(20)24)18(11)5-6-18/h1-4,7-8,11-12,14-15,22H,5-6H2/b19-8+/t11-,12+,14-,15+. The van der Waals surface area contributed by atoms with Gasteiger partial charge in [-0.05, 0) is 36.2 Å². The molecule has 5 rings (SSSR count). The average molecular weight is 353 g/mol. The van der Waals surface area contributed by atoms with Gasteiger partial charge in [0.1, 0.15) is 5.75 Å². The Morgan fingerprint density at radius 1 is 1.19 bits per heavy atom. The molecule has 2 bridgehead atoms. The number of rotatable bonds is 3. The molecule has 1 N–H and O–H groups in total. The second-order valence-corrected chi connectivity index (χ2v) is 7.45. The molecule has 3 fully saturated rings.